The monoisotopic (exact) mass is 368 g/mol. The summed E-state index contributed by atoms with van der Waals surface area (Å²) in [5.74, 6) is -0.484. The highest BCUT2D eigenvalue weighted by Gasteiger charge is 2.22. The van der Waals surface area contributed by atoms with Gasteiger partial charge >= 0.3 is 11.7 Å². The number of esters is 1. The van der Waals surface area contributed by atoms with Crippen LogP contribution in [-0.4, -0.2) is 22.6 Å². The zero-order chi connectivity index (χ0) is 16.3. The third kappa shape index (κ3) is 3.28. The van der Waals surface area contributed by atoms with Crippen molar-refractivity contribution in [3.63, 3.8) is 0 Å². The first-order chi connectivity index (χ1) is 10.5. The van der Waals surface area contributed by atoms with Gasteiger partial charge in [-0.25, -0.2) is 4.79 Å². The van der Waals surface area contributed by atoms with Crippen molar-refractivity contribution in [1.82, 2.24) is 4.57 Å². The Morgan fingerprint density at radius 3 is 2.73 bits per heavy atom. The Labute approximate surface area is 134 Å². The van der Waals surface area contributed by atoms with Gasteiger partial charge < -0.3 is 14.0 Å². The number of aryl methyl sites for hydroxylation is 1. The molecule has 0 fully saturated rings. The number of rotatable bonds is 5. The van der Waals surface area contributed by atoms with E-state index in [0.717, 1.165) is 4.47 Å². The molecule has 0 spiro atoms. The molecule has 0 saturated heterocycles. The first kappa shape index (κ1) is 16.0. The number of aromatic nitrogens is 1. The maximum absolute atomic E-state index is 12.2. The minimum absolute atomic E-state index is 0.129. The van der Waals surface area contributed by atoms with Crippen molar-refractivity contribution < 1.29 is 19.2 Å². The number of nitrogens with zero attached hydrogens (tertiary/aromatic N) is 2. The highest BCUT2D eigenvalue weighted by atomic mass is 79.9. The van der Waals surface area contributed by atoms with Crippen molar-refractivity contribution in [2.75, 3.05) is 7.11 Å². The Morgan fingerprint density at radius 2 is 2.14 bits per heavy atom. The van der Waals surface area contributed by atoms with Gasteiger partial charge in [-0.3, -0.25) is 10.1 Å². The molecular formula is C14H13BrN2O5. The second kappa shape index (κ2) is 6.61. The minimum Gasteiger partial charge on any atom is -0.496 e. The normalized spacial score (nSPS) is 10.3. The summed E-state index contributed by atoms with van der Waals surface area (Å²) in [5, 5.41) is 11.1. The molecule has 2 rings (SSSR count). The molecule has 1 aromatic carbocycles. The summed E-state index contributed by atoms with van der Waals surface area (Å²) in [6.07, 6.45) is 1.74. The molecule has 116 valence electrons. The van der Waals surface area contributed by atoms with E-state index < -0.39 is 10.9 Å². The van der Waals surface area contributed by atoms with Crippen LogP contribution in [0.15, 0.2) is 34.9 Å². The lowest BCUT2D eigenvalue weighted by Crippen LogP contribution is -2.14. The number of nitro groups is 1. The second-order valence-electron chi connectivity index (χ2n) is 4.31. The molecule has 0 saturated carbocycles. The quantitative estimate of drug-likeness (QED) is 0.349. The van der Waals surface area contributed by atoms with Gasteiger partial charge in [-0.1, -0.05) is 0 Å². The molecular weight excluding hydrogens is 356 g/mol. The molecule has 0 bridgehead atoms. The molecule has 1 heterocycles. The number of carbonyl (C=O) groups is 1. The van der Waals surface area contributed by atoms with E-state index in [2.05, 4.69) is 15.9 Å². The van der Waals surface area contributed by atoms with Gasteiger partial charge in [0.05, 0.1) is 18.1 Å². The topological polar surface area (TPSA) is 83.6 Å². The van der Waals surface area contributed by atoms with Crippen LogP contribution in [0.3, 0.4) is 0 Å². The largest absolute Gasteiger partial charge is 0.496 e. The molecule has 7 nitrogen and oxygen atoms in total. The van der Waals surface area contributed by atoms with Crippen molar-refractivity contribution in [2.45, 2.75) is 13.5 Å². The van der Waals surface area contributed by atoms with Gasteiger partial charge in [0, 0.05) is 17.2 Å². The number of hydrogen-bond donors (Lipinski definition) is 0. The number of ether oxygens (including phenoxy) is 2. The summed E-state index contributed by atoms with van der Waals surface area (Å²) < 4.78 is 12.5. The van der Waals surface area contributed by atoms with Crippen molar-refractivity contribution >= 4 is 27.6 Å². The lowest BCUT2D eigenvalue weighted by Gasteiger charge is -2.08. The maximum atomic E-state index is 12.2. The van der Waals surface area contributed by atoms with Gasteiger partial charge in [0.1, 0.15) is 11.4 Å². The number of methoxy groups -OCH3 is 1. The third-order valence-electron chi connectivity index (χ3n) is 2.98. The van der Waals surface area contributed by atoms with Gasteiger partial charge in [0.2, 0.25) is 5.75 Å². The van der Waals surface area contributed by atoms with Crippen molar-refractivity contribution in [3.05, 3.63) is 50.7 Å². The van der Waals surface area contributed by atoms with E-state index in [1.807, 2.05) is 6.92 Å². The number of carbonyl (C=O) groups excluding carboxylic acids is 1. The SMILES string of the molecule is CCn1cc(Br)cc1C(=O)Oc1ccc(OC)cc1[N+](=O)[O-]. The predicted octanol–water partition coefficient (Wildman–Crippen LogP) is 3.41. The standard InChI is InChI=1S/C14H13BrN2O5/c1-3-16-8-9(15)6-12(16)14(18)22-13-5-4-10(21-2)7-11(13)17(19)20/h4-8H,3H2,1-2H3. The summed E-state index contributed by atoms with van der Waals surface area (Å²) in [6, 6.07) is 5.63. The lowest BCUT2D eigenvalue weighted by molar-refractivity contribution is -0.385. The van der Waals surface area contributed by atoms with E-state index in [4.69, 9.17) is 9.47 Å². The first-order valence-corrected chi connectivity index (χ1v) is 7.15. The summed E-state index contributed by atoms with van der Waals surface area (Å²) in [4.78, 5) is 22.7. The molecule has 0 atom stereocenters. The van der Waals surface area contributed by atoms with E-state index in [1.54, 1.807) is 16.8 Å². The van der Waals surface area contributed by atoms with Crippen LogP contribution in [-0.2, 0) is 6.54 Å². The summed E-state index contributed by atoms with van der Waals surface area (Å²) in [5.41, 5.74) is -0.0270. The van der Waals surface area contributed by atoms with E-state index in [1.165, 1.54) is 25.3 Å². The maximum Gasteiger partial charge on any atom is 0.360 e. The fourth-order valence-corrected chi connectivity index (χ4v) is 2.38. The summed E-state index contributed by atoms with van der Waals surface area (Å²) in [6.45, 7) is 2.44. The van der Waals surface area contributed by atoms with E-state index in [0.29, 0.717) is 18.0 Å². The predicted molar refractivity (Wildman–Crippen MR) is 82.4 cm³/mol. The fourth-order valence-electron chi connectivity index (χ4n) is 1.91. The molecule has 22 heavy (non-hydrogen) atoms. The lowest BCUT2D eigenvalue weighted by atomic mass is 10.3. The Morgan fingerprint density at radius 1 is 1.41 bits per heavy atom. The Kier molecular flexibility index (Phi) is 4.81. The average molecular weight is 369 g/mol. The highest BCUT2D eigenvalue weighted by molar-refractivity contribution is 9.10. The first-order valence-electron chi connectivity index (χ1n) is 6.36. The summed E-state index contributed by atoms with van der Waals surface area (Å²) >= 11 is 3.28. The summed E-state index contributed by atoms with van der Waals surface area (Å²) in [7, 11) is 1.40. The van der Waals surface area contributed by atoms with Gasteiger partial charge in [-0.15, -0.1) is 0 Å². The molecule has 0 aliphatic rings. The van der Waals surface area contributed by atoms with Crippen LogP contribution in [0.4, 0.5) is 5.69 Å². The molecule has 0 radical (unpaired) electrons. The van der Waals surface area contributed by atoms with Crippen LogP contribution in [0.25, 0.3) is 0 Å². The molecule has 0 aliphatic carbocycles. The van der Waals surface area contributed by atoms with Crippen molar-refractivity contribution in [3.8, 4) is 11.5 Å². The third-order valence-corrected chi connectivity index (χ3v) is 3.41. The van der Waals surface area contributed by atoms with E-state index >= 15 is 0 Å². The second-order valence-corrected chi connectivity index (χ2v) is 5.23. The molecule has 0 unspecified atom stereocenters. The molecule has 2 aromatic rings. The Hall–Kier alpha value is -2.35. The molecule has 0 aliphatic heterocycles. The molecule has 1 aromatic heterocycles. The van der Waals surface area contributed by atoms with Gasteiger partial charge in [-0.2, -0.15) is 0 Å². The van der Waals surface area contributed by atoms with Crippen LogP contribution in [0.2, 0.25) is 0 Å². The van der Waals surface area contributed by atoms with Crippen LogP contribution in [0, 0.1) is 10.1 Å². The number of benzene rings is 1. The van der Waals surface area contributed by atoms with E-state index in [9.17, 15) is 14.9 Å². The average Bonchev–Trinajstić information content (AvgIpc) is 2.88. The Bertz CT molecular complexity index is 726. The van der Waals surface area contributed by atoms with Crippen LogP contribution in [0.1, 0.15) is 17.4 Å². The molecule has 0 N–H and O–H groups in total. The fraction of sp³-hybridized carbons (Fsp3) is 0.214. The van der Waals surface area contributed by atoms with Gasteiger partial charge in [-0.05, 0) is 41.1 Å². The number of nitro benzene ring substituents is 1. The number of halogens is 1. The van der Waals surface area contributed by atoms with Gasteiger partial charge in [0.15, 0.2) is 0 Å². The van der Waals surface area contributed by atoms with Crippen LogP contribution >= 0.6 is 15.9 Å². The number of hydrogen-bond acceptors (Lipinski definition) is 5. The highest BCUT2D eigenvalue weighted by Crippen LogP contribution is 2.31. The minimum atomic E-state index is -0.666. The van der Waals surface area contributed by atoms with Gasteiger partial charge in [0.25, 0.3) is 0 Å². The smallest absolute Gasteiger partial charge is 0.360 e. The zero-order valence-electron chi connectivity index (χ0n) is 11.9. The molecule has 8 heteroatoms. The Balaban J connectivity index is 2.33. The van der Waals surface area contributed by atoms with Crippen LogP contribution in [0.5, 0.6) is 11.5 Å². The van der Waals surface area contributed by atoms with Crippen molar-refractivity contribution in [1.29, 1.82) is 0 Å². The van der Waals surface area contributed by atoms with E-state index in [-0.39, 0.29) is 11.4 Å². The van der Waals surface area contributed by atoms with Crippen molar-refractivity contribution in [2.24, 2.45) is 0 Å². The van der Waals surface area contributed by atoms with Crippen LogP contribution < -0.4 is 9.47 Å². The zero-order valence-corrected chi connectivity index (χ0v) is 13.5. The molecule has 0 amide bonds.